The highest BCUT2D eigenvalue weighted by atomic mass is 16.5. The first-order valence-corrected chi connectivity index (χ1v) is 7.12. The van der Waals surface area contributed by atoms with E-state index in [2.05, 4.69) is 21.5 Å². The van der Waals surface area contributed by atoms with Crippen molar-refractivity contribution in [3.8, 4) is 5.75 Å². The van der Waals surface area contributed by atoms with Crippen molar-refractivity contribution in [3.63, 3.8) is 0 Å². The maximum absolute atomic E-state index is 5.89. The lowest BCUT2D eigenvalue weighted by molar-refractivity contribution is 0.199. The molecule has 0 amide bonds. The Morgan fingerprint density at radius 1 is 1.29 bits per heavy atom. The summed E-state index contributed by atoms with van der Waals surface area (Å²) >= 11 is 0. The van der Waals surface area contributed by atoms with Gasteiger partial charge in [-0.05, 0) is 13.0 Å². The minimum absolute atomic E-state index is 0.420. The van der Waals surface area contributed by atoms with Crippen molar-refractivity contribution in [1.82, 2.24) is 20.1 Å². The molecule has 0 spiro atoms. The lowest BCUT2D eigenvalue weighted by atomic mass is 10.2. The Bertz CT molecular complexity index is 542. The van der Waals surface area contributed by atoms with Gasteiger partial charge < -0.3 is 14.8 Å². The molecular weight excluding hydrogens is 268 g/mol. The zero-order valence-electron chi connectivity index (χ0n) is 12.6. The minimum atomic E-state index is 0.420. The van der Waals surface area contributed by atoms with E-state index in [1.54, 1.807) is 13.4 Å². The summed E-state index contributed by atoms with van der Waals surface area (Å²) in [5, 5.41) is 7.46. The fourth-order valence-corrected chi connectivity index (χ4v) is 1.99. The predicted octanol–water partition coefficient (Wildman–Crippen LogP) is 1.61. The van der Waals surface area contributed by atoms with Gasteiger partial charge in [-0.2, -0.15) is 5.10 Å². The van der Waals surface area contributed by atoms with Crippen LogP contribution < -0.4 is 10.1 Å². The highest BCUT2D eigenvalue weighted by Gasteiger charge is 2.06. The van der Waals surface area contributed by atoms with Crippen LogP contribution in [0.15, 0.2) is 30.6 Å². The van der Waals surface area contributed by atoms with Crippen LogP contribution in [0.25, 0.3) is 0 Å². The average Bonchev–Trinajstić information content (AvgIpc) is 2.98. The van der Waals surface area contributed by atoms with Crippen LogP contribution in [0.3, 0.4) is 0 Å². The van der Waals surface area contributed by atoms with Gasteiger partial charge >= 0.3 is 0 Å². The van der Waals surface area contributed by atoms with Crippen molar-refractivity contribution in [2.45, 2.75) is 26.6 Å². The Balaban J connectivity index is 1.93. The molecule has 114 valence electrons. The summed E-state index contributed by atoms with van der Waals surface area (Å²) in [4.78, 5) is 4.21. The van der Waals surface area contributed by atoms with Gasteiger partial charge in [0.1, 0.15) is 18.7 Å². The lowest BCUT2D eigenvalue weighted by Gasteiger charge is -2.12. The molecule has 0 aliphatic carbocycles. The maximum Gasteiger partial charge on any atom is 0.164 e. The summed E-state index contributed by atoms with van der Waals surface area (Å²) in [5.41, 5.74) is 1.12. The number of hydrogen-bond acceptors (Lipinski definition) is 5. The second-order valence-corrected chi connectivity index (χ2v) is 4.56. The molecule has 2 aromatic rings. The van der Waals surface area contributed by atoms with Crippen molar-refractivity contribution in [2.75, 3.05) is 20.3 Å². The topological polar surface area (TPSA) is 61.2 Å². The molecule has 0 fully saturated rings. The van der Waals surface area contributed by atoms with E-state index in [1.807, 2.05) is 29.8 Å². The van der Waals surface area contributed by atoms with Gasteiger partial charge in [-0.3, -0.25) is 0 Å². The third-order valence-electron chi connectivity index (χ3n) is 3.12. The van der Waals surface area contributed by atoms with Crippen LogP contribution in [0.2, 0.25) is 0 Å². The van der Waals surface area contributed by atoms with E-state index in [1.165, 1.54) is 0 Å². The average molecular weight is 290 g/mol. The molecule has 1 heterocycles. The number of para-hydroxylation sites is 1. The smallest absolute Gasteiger partial charge is 0.164 e. The molecule has 6 nitrogen and oxygen atoms in total. The summed E-state index contributed by atoms with van der Waals surface area (Å²) in [6.07, 6.45) is 1.56. The molecule has 0 aliphatic heterocycles. The lowest BCUT2D eigenvalue weighted by Crippen LogP contribution is -2.19. The summed E-state index contributed by atoms with van der Waals surface area (Å²) < 4.78 is 12.7. The highest BCUT2D eigenvalue weighted by molar-refractivity contribution is 5.33. The molecule has 0 unspecified atom stereocenters. The van der Waals surface area contributed by atoms with E-state index in [-0.39, 0.29) is 0 Å². The first kappa shape index (κ1) is 15.5. The number of aromatic nitrogens is 3. The summed E-state index contributed by atoms with van der Waals surface area (Å²) in [5.74, 6) is 1.70. The Hall–Kier alpha value is -1.92. The van der Waals surface area contributed by atoms with Crippen molar-refractivity contribution in [2.24, 2.45) is 0 Å². The number of ether oxygens (including phenoxy) is 2. The van der Waals surface area contributed by atoms with Gasteiger partial charge in [0.15, 0.2) is 5.82 Å². The standard InChI is InChI=1S/C15H22N4O2/c1-3-19-15(17-12-18-19)11-21-14-7-5-4-6-13(14)10-16-8-9-20-2/h4-7,12,16H,3,8-11H2,1-2H3. The van der Waals surface area contributed by atoms with Gasteiger partial charge in [0.05, 0.1) is 6.61 Å². The number of rotatable bonds is 9. The fourth-order valence-electron chi connectivity index (χ4n) is 1.99. The van der Waals surface area contributed by atoms with Crippen LogP contribution in [0.1, 0.15) is 18.3 Å². The number of nitrogens with one attached hydrogen (secondary N) is 1. The van der Waals surface area contributed by atoms with Gasteiger partial charge in [0.25, 0.3) is 0 Å². The number of hydrogen-bond donors (Lipinski definition) is 1. The Morgan fingerprint density at radius 3 is 2.95 bits per heavy atom. The normalized spacial score (nSPS) is 10.8. The van der Waals surface area contributed by atoms with Gasteiger partial charge in [-0.1, -0.05) is 18.2 Å². The van der Waals surface area contributed by atoms with Crippen LogP contribution in [-0.4, -0.2) is 35.0 Å². The molecule has 0 aliphatic rings. The molecule has 1 aromatic carbocycles. The molecule has 0 bridgehead atoms. The predicted molar refractivity (Wildman–Crippen MR) is 80.1 cm³/mol. The van der Waals surface area contributed by atoms with Crippen LogP contribution in [0, 0.1) is 0 Å². The molecule has 1 aromatic heterocycles. The summed E-state index contributed by atoms with van der Waals surface area (Å²) in [6, 6.07) is 8.01. The van der Waals surface area contributed by atoms with E-state index in [0.717, 1.165) is 36.8 Å². The van der Waals surface area contributed by atoms with Crippen molar-refractivity contribution < 1.29 is 9.47 Å². The number of nitrogens with zero attached hydrogens (tertiary/aromatic N) is 3. The molecule has 0 saturated carbocycles. The molecule has 0 radical (unpaired) electrons. The SMILES string of the molecule is CCn1ncnc1COc1ccccc1CNCCOC. The quantitative estimate of drug-likeness (QED) is 0.711. The van der Waals surface area contributed by atoms with Gasteiger partial charge in [0.2, 0.25) is 0 Å². The van der Waals surface area contributed by atoms with Gasteiger partial charge in [0, 0.05) is 32.3 Å². The zero-order chi connectivity index (χ0) is 14.9. The Kier molecular flexibility index (Phi) is 6.18. The van der Waals surface area contributed by atoms with Crippen molar-refractivity contribution >= 4 is 0 Å². The zero-order valence-corrected chi connectivity index (χ0v) is 12.6. The first-order chi connectivity index (χ1) is 10.3. The molecule has 6 heteroatoms. The Labute approximate surface area is 125 Å². The molecular formula is C15H22N4O2. The van der Waals surface area contributed by atoms with E-state index < -0.39 is 0 Å². The van der Waals surface area contributed by atoms with Gasteiger partial charge in [-0.25, -0.2) is 9.67 Å². The van der Waals surface area contributed by atoms with Crippen molar-refractivity contribution in [3.05, 3.63) is 42.0 Å². The van der Waals surface area contributed by atoms with E-state index in [4.69, 9.17) is 9.47 Å². The third-order valence-corrected chi connectivity index (χ3v) is 3.12. The van der Waals surface area contributed by atoms with Gasteiger partial charge in [-0.15, -0.1) is 0 Å². The molecule has 0 saturated heterocycles. The minimum Gasteiger partial charge on any atom is -0.485 e. The molecule has 21 heavy (non-hydrogen) atoms. The third kappa shape index (κ3) is 4.54. The molecule has 2 rings (SSSR count). The molecule has 0 atom stereocenters. The largest absolute Gasteiger partial charge is 0.485 e. The summed E-state index contributed by atoms with van der Waals surface area (Å²) in [7, 11) is 1.70. The monoisotopic (exact) mass is 290 g/mol. The van der Waals surface area contributed by atoms with Crippen LogP contribution in [-0.2, 0) is 24.4 Å². The first-order valence-electron chi connectivity index (χ1n) is 7.12. The number of benzene rings is 1. The van der Waals surface area contributed by atoms with Crippen LogP contribution in [0.5, 0.6) is 5.75 Å². The highest BCUT2D eigenvalue weighted by Crippen LogP contribution is 2.18. The second-order valence-electron chi connectivity index (χ2n) is 4.56. The van der Waals surface area contributed by atoms with E-state index in [0.29, 0.717) is 13.2 Å². The fraction of sp³-hybridized carbons (Fsp3) is 0.467. The maximum atomic E-state index is 5.89. The Morgan fingerprint density at radius 2 is 2.14 bits per heavy atom. The molecule has 1 N–H and O–H groups in total. The number of methoxy groups -OCH3 is 1. The van der Waals surface area contributed by atoms with E-state index in [9.17, 15) is 0 Å². The van der Waals surface area contributed by atoms with Crippen molar-refractivity contribution in [1.29, 1.82) is 0 Å². The second kappa shape index (κ2) is 8.39. The number of aryl methyl sites for hydroxylation is 1. The van der Waals surface area contributed by atoms with E-state index >= 15 is 0 Å². The van der Waals surface area contributed by atoms with Crippen LogP contribution in [0.4, 0.5) is 0 Å². The summed E-state index contributed by atoms with van der Waals surface area (Å²) in [6.45, 7) is 5.51. The van der Waals surface area contributed by atoms with Crippen LogP contribution >= 0.6 is 0 Å².